The number of halogens is 3. The lowest BCUT2D eigenvalue weighted by Crippen LogP contribution is -2.58. The first-order valence-corrected chi connectivity index (χ1v) is 14.8. The molecule has 0 bridgehead atoms. The summed E-state index contributed by atoms with van der Waals surface area (Å²) in [6.07, 6.45) is -1.94. The van der Waals surface area contributed by atoms with Gasteiger partial charge in [-0.1, -0.05) is 22.9 Å². The number of carboxylic acid groups (broad SMARTS) is 1. The Hall–Kier alpha value is -4.08. The summed E-state index contributed by atoms with van der Waals surface area (Å²) in [5, 5.41) is 17.1. The normalized spacial score (nSPS) is 13.8. The van der Waals surface area contributed by atoms with Crippen molar-refractivity contribution in [1.82, 2.24) is 25.2 Å². The van der Waals surface area contributed by atoms with E-state index in [1.807, 2.05) is 19.0 Å². The Kier molecular flexibility index (Phi) is 8.64. The highest BCUT2D eigenvalue weighted by Crippen LogP contribution is 2.42. The maximum absolute atomic E-state index is 16.6. The Morgan fingerprint density at radius 2 is 1.89 bits per heavy atom. The summed E-state index contributed by atoms with van der Waals surface area (Å²) in [5.41, 5.74) is -0.530. The van der Waals surface area contributed by atoms with Crippen molar-refractivity contribution in [2.24, 2.45) is 0 Å². The number of anilines is 3. The second kappa shape index (κ2) is 12.1. The Balaban J connectivity index is 1.59. The molecule has 1 aliphatic rings. The fraction of sp³-hybridized carbons (Fsp3) is 0.393. The molecule has 0 radical (unpaired) electrons. The smallest absolute Gasteiger partial charge is 0.413 e. The quantitative estimate of drug-likeness (QED) is 0.178. The predicted octanol–water partition coefficient (Wildman–Crippen LogP) is 5.61. The molecule has 44 heavy (non-hydrogen) atoms. The summed E-state index contributed by atoms with van der Waals surface area (Å²) >= 11 is 7.56. The molecular formula is C28H31ClF2N8O4S. The van der Waals surface area contributed by atoms with Crippen molar-refractivity contribution >= 4 is 73.1 Å². The highest BCUT2D eigenvalue weighted by molar-refractivity contribution is 7.22. The zero-order chi connectivity index (χ0) is 31.9. The maximum Gasteiger partial charge on any atom is 0.413 e. The second-order valence-corrected chi connectivity index (χ2v) is 12.8. The topological polar surface area (TPSA) is 145 Å². The van der Waals surface area contributed by atoms with E-state index in [1.165, 1.54) is 18.2 Å². The van der Waals surface area contributed by atoms with Crippen LogP contribution in [0.15, 0.2) is 18.2 Å². The highest BCUT2D eigenvalue weighted by atomic mass is 35.5. The Morgan fingerprint density at radius 1 is 1.16 bits per heavy atom. The minimum Gasteiger partial charge on any atom is -0.465 e. The number of likely N-dealkylation sites (N-methyl/N-ethyl adjacent to an activating group) is 1. The van der Waals surface area contributed by atoms with E-state index >= 15 is 4.39 Å². The zero-order valence-corrected chi connectivity index (χ0v) is 26.2. The number of fused-ring (bicyclic) bond motifs is 2. The Labute approximate surface area is 260 Å². The molecule has 4 aromatic rings. The molecule has 5 rings (SSSR count). The molecule has 1 aliphatic heterocycles. The van der Waals surface area contributed by atoms with Crippen LogP contribution in [0.25, 0.3) is 32.2 Å². The summed E-state index contributed by atoms with van der Waals surface area (Å²) in [5.74, 6) is -0.803. The van der Waals surface area contributed by atoms with E-state index < -0.39 is 29.4 Å². The van der Waals surface area contributed by atoms with Crippen molar-refractivity contribution < 1.29 is 28.2 Å². The molecule has 0 unspecified atom stereocenters. The van der Waals surface area contributed by atoms with Crippen molar-refractivity contribution in [2.75, 3.05) is 55.8 Å². The van der Waals surface area contributed by atoms with Crippen LogP contribution in [-0.4, -0.2) is 89.1 Å². The van der Waals surface area contributed by atoms with Crippen LogP contribution in [0.2, 0.25) is 5.02 Å². The molecule has 0 spiro atoms. The van der Waals surface area contributed by atoms with Crippen LogP contribution in [0, 0.1) is 11.6 Å². The average molecular weight is 649 g/mol. The fourth-order valence-corrected chi connectivity index (χ4v) is 5.80. The van der Waals surface area contributed by atoms with E-state index in [-0.39, 0.29) is 67.3 Å². The first-order valence-electron chi connectivity index (χ1n) is 13.6. The third-order valence-corrected chi connectivity index (χ3v) is 8.09. The van der Waals surface area contributed by atoms with Gasteiger partial charge in [-0.15, -0.1) is 0 Å². The van der Waals surface area contributed by atoms with Gasteiger partial charge in [0.1, 0.15) is 22.8 Å². The lowest BCUT2D eigenvalue weighted by Gasteiger charge is -2.42. The molecule has 2 amide bonds. The summed E-state index contributed by atoms with van der Waals surface area (Å²) in [4.78, 5) is 40.8. The molecule has 16 heteroatoms. The monoisotopic (exact) mass is 648 g/mol. The van der Waals surface area contributed by atoms with Crippen LogP contribution in [-0.2, 0) is 4.74 Å². The van der Waals surface area contributed by atoms with E-state index in [2.05, 4.69) is 35.8 Å². The number of ether oxygens (including phenoxy) is 1. The third-order valence-electron chi connectivity index (χ3n) is 6.81. The lowest BCUT2D eigenvalue weighted by molar-refractivity contribution is 0.0636. The molecule has 0 atom stereocenters. The van der Waals surface area contributed by atoms with Crippen molar-refractivity contribution in [3.05, 3.63) is 34.9 Å². The standard InChI is InChI=1S/C28H31ClF2N8O4S/c1-28(2,3)43-27(42)37-25-35-21-14(6-7-17(30)22(21)44-25)18-16(29)10-15-20(19(18)31)34-24(39-11-13(12-39)38(4)5)36-23(15)32-8-9-33-26(40)41/h6-7,10,13,33H,8-9,11-12H2,1-5H3,(H,40,41)(H,32,34,36)(H,35,37,42). The van der Waals surface area contributed by atoms with E-state index in [0.717, 1.165) is 11.3 Å². The van der Waals surface area contributed by atoms with Gasteiger partial charge in [0.05, 0.1) is 15.2 Å². The maximum atomic E-state index is 16.6. The lowest BCUT2D eigenvalue weighted by atomic mass is 10.0. The molecule has 1 fully saturated rings. The van der Waals surface area contributed by atoms with Gasteiger partial charge in [0, 0.05) is 48.7 Å². The Morgan fingerprint density at radius 3 is 2.55 bits per heavy atom. The summed E-state index contributed by atoms with van der Waals surface area (Å²) in [6.45, 7) is 6.63. The number of hydrogen-bond acceptors (Lipinski definition) is 10. The number of amides is 2. The number of aromatic nitrogens is 3. The van der Waals surface area contributed by atoms with Gasteiger partial charge in [-0.2, -0.15) is 4.98 Å². The first-order chi connectivity index (χ1) is 20.7. The number of benzene rings is 2. The van der Waals surface area contributed by atoms with Crippen LogP contribution in [0.3, 0.4) is 0 Å². The largest absolute Gasteiger partial charge is 0.465 e. The van der Waals surface area contributed by atoms with E-state index in [1.54, 1.807) is 20.8 Å². The average Bonchev–Trinajstić information content (AvgIpc) is 3.30. The van der Waals surface area contributed by atoms with Crippen LogP contribution in [0.4, 0.5) is 35.3 Å². The zero-order valence-electron chi connectivity index (χ0n) is 24.6. The fourth-order valence-electron chi connectivity index (χ4n) is 4.62. The van der Waals surface area contributed by atoms with Gasteiger partial charge >= 0.3 is 12.2 Å². The van der Waals surface area contributed by atoms with E-state index in [4.69, 9.17) is 21.4 Å². The van der Waals surface area contributed by atoms with Crippen molar-refractivity contribution in [2.45, 2.75) is 32.4 Å². The third kappa shape index (κ3) is 6.54. The molecule has 3 heterocycles. The first kappa shape index (κ1) is 31.3. The van der Waals surface area contributed by atoms with Crippen molar-refractivity contribution in [1.29, 1.82) is 0 Å². The minimum absolute atomic E-state index is 0.00255. The summed E-state index contributed by atoms with van der Waals surface area (Å²) < 4.78 is 36.8. The van der Waals surface area contributed by atoms with E-state index in [9.17, 15) is 14.0 Å². The molecular weight excluding hydrogens is 618 g/mol. The molecule has 2 aromatic carbocycles. The van der Waals surface area contributed by atoms with Gasteiger partial charge in [0.15, 0.2) is 10.9 Å². The second-order valence-electron chi connectivity index (χ2n) is 11.4. The Bertz CT molecular complexity index is 1760. The molecule has 0 aliphatic carbocycles. The molecule has 4 N–H and O–H groups in total. The van der Waals surface area contributed by atoms with Gasteiger partial charge in [-0.25, -0.2) is 28.3 Å². The summed E-state index contributed by atoms with van der Waals surface area (Å²) in [7, 11) is 3.94. The highest BCUT2D eigenvalue weighted by Gasteiger charge is 2.32. The van der Waals surface area contributed by atoms with E-state index in [0.29, 0.717) is 19.0 Å². The van der Waals surface area contributed by atoms with Gasteiger partial charge in [-0.3, -0.25) is 5.32 Å². The van der Waals surface area contributed by atoms with Crippen LogP contribution in [0.1, 0.15) is 20.8 Å². The van der Waals surface area contributed by atoms with Gasteiger partial charge in [0.25, 0.3) is 0 Å². The predicted molar refractivity (Wildman–Crippen MR) is 167 cm³/mol. The number of nitrogens with one attached hydrogen (secondary N) is 3. The number of thiazole rings is 1. The molecule has 0 saturated carbocycles. The van der Waals surface area contributed by atoms with Crippen LogP contribution in [0.5, 0.6) is 0 Å². The SMILES string of the molecule is CN(C)C1CN(c2nc(NCCNC(=O)O)c3cc(Cl)c(-c4ccc(F)c5sc(NC(=O)OC(C)(C)C)nc45)c(F)c3n2)C1. The minimum atomic E-state index is -1.17. The number of hydrogen-bond donors (Lipinski definition) is 4. The van der Waals surface area contributed by atoms with Crippen molar-refractivity contribution in [3.8, 4) is 11.1 Å². The number of rotatable bonds is 8. The van der Waals surface area contributed by atoms with Crippen molar-refractivity contribution in [3.63, 3.8) is 0 Å². The molecule has 234 valence electrons. The van der Waals surface area contributed by atoms with Crippen LogP contribution >= 0.6 is 22.9 Å². The number of carbonyl (C=O) groups is 2. The molecule has 2 aromatic heterocycles. The number of nitrogens with zero attached hydrogens (tertiary/aromatic N) is 5. The van der Waals surface area contributed by atoms with Gasteiger partial charge in [0.2, 0.25) is 5.95 Å². The molecule has 12 nitrogen and oxygen atoms in total. The van der Waals surface area contributed by atoms with Gasteiger partial charge in [-0.05, 0) is 53.1 Å². The van der Waals surface area contributed by atoms with Gasteiger partial charge < -0.3 is 30.3 Å². The number of carbonyl (C=O) groups excluding carboxylic acids is 1. The molecule has 1 saturated heterocycles. The van der Waals surface area contributed by atoms with Crippen LogP contribution < -0.4 is 20.9 Å². The summed E-state index contributed by atoms with van der Waals surface area (Å²) in [6, 6.07) is 4.34.